The van der Waals surface area contributed by atoms with Gasteiger partial charge in [0.25, 0.3) is 0 Å². The van der Waals surface area contributed by atoms with Crippen molar-refractivity contribution in [1.82, 2.24) is 0 Å². The molecular formula is C13H14O5. The van der Waals surface area contributed by atoms with Crippen LogP contribution >= 0.6 is 0 Å². The number of carbonyl (C=O) groups excluding carboxylic acids is 1. The Bertz CT molecular complexity index is 584. The molecule has 96 valence electrons. The lowest BCUT2D eigenvalue weighted by Crippen LogP contribution is -2.14. The van der Waals surface area contributed by atoms with E-state index in [1.807, 2.05) is 0 Å². The zero-order valence-electron chi connectivity index (χ0n) is 10.1. The Labute approximate surface area is 104 Å². The second-order valence-electron chi connectivity index (χ2n) is 3.92. The van der Waals surface area contributed by atoms with E-state index in [4.69, 9.17) is 4.42 Å². The molecule has 5 heteroatoms. The zero-order chi connectivity index (χ0) is 13.3. The molecule has 0 aliphatic rings. The Morgan fingerprint density at radius 2 is 2.22 bits per heavy atom. The van der Waals surface area contributed by atoms with Gasteiger partial charge in [-0.15, -0.1) is 0 Å². The molecule has 0 saturated heterocycles. The van der Waals surface area contributed by atoms with E-state index in [1.165, 1.54) is 0 Å². The molecule has 0 aliphatic carbocycles. The Morgan fingerprint density at radius 3 is 2.83 bits per heavy atom. The van der Waals surface area contributed by atoms with Crippen molar-refractivity contribution in [3.8, 4) is 5.75 Å². The molecular weight excluding hydrogens is 236 g/mol. The van der Waals surface area contributed by atoms with Crippen LogP contribution in [0.25, 0.3) is 11.0 Å². The van der Waals surface area contributed by atoms with Gasteiger partial charge in [-0.1, -0.05) is 12.1 Å². The highest BCUT2D eigenvalue weighted by atomic mass is 16.5. The summed E-state index contributed by atoms with van der Waals surface area (Å²) >= 11 is 0. The van der Waals surface area contributed by atoms with E-state index in [1.54, 1.807) is 32.0 Å². The number of aromatic hydroxyl groups is 1. The summed E-state index contributed by atoms with van der Waals surface area (Å²) in [5.74, 6) is -1.24. The summed E-state index contributed by atoms with van der Waals surface area (Å²) in [4.78, 5) is 11.4. The lowest BCUT2D eigenvalue weighted by molar-refractivity contribution is -0.154. The Morgan fingerprint density at radius 1 is 1.50 bits per heavy atom. The number of ether oxygens (including phenoxy) is 1. The van der Waals surface area contributed by atoms with Gasteiger partial charge in [-0.05, 0) is 25.5 Å². The first-order chi connectivity index (χ1) is 8.56. The number of esters is 1. The minimum absolute atomic E-state index is 0.149. The summed E-state index contributed by atoms with van der Waals surface area (Å²) in [6.45, 7) is 3.58. The highest BCUT2D eigenvalue weighted by molar-refractivity contribution is 5.90. The number of fused-ring (bicyclic) bond motifs is 1. The van der Waals surface area contributed by atoms with Crippen LogP contribution in [0.2, 0.25) is 0 Å². The van der Waals surface area contributed by atoms with Gasteiger partial charge in [0.1, 0.15) is 5.58 Å². The second-order valence-corrected chi connectivity index (χ2v) is 3.92. The van der Waals surface area contributed by atoms with E-state index in [9.17, 15) is 15.0 Å². The lowest BCUT2D eigenvalue weighted by Gasteiger charge is -2.06. The third-order valence-corrected chi connectivity index (χ3v) is 2.68. The van der Waals surface area contributed by atoms with Gasteiger partial charge >= 0.3 is 5.97 Å². The maximum Gasteiger partial charge on any atom is 0.343 e. The van der Waals surface area contributed by atoms with Crippen molar-refractivity contribution in [2.24, 2.45) is 0 Å². The molecule has 0 bridgehead atoms. The van der Waals surface area contributed by atoms with Gasteiger partial charge in [0, 0.05) is 0 Å². The second kappa shape index (κ2) is 4.70. The van der Waals surface area contributed by atoms with Crippen molar-refractivity contribution in [1.29, 1.82) is 0 Å². The third-order valence-electron chi connectivity index (χ3n) is 2.68. The number of carbonyl (C=O) groups is 1. The van der Waals surface area contributed by atoms with Crippen molar-refractivity contribution in [2.75, 3.05) is 6.61 Å². The lowest BCUT2D eigenvalue weighted by atomic mass is 10.1. The third kappa shape index (κ3) is 1.93. The van der Waals surface area contributed by atoms with Crippen molar-refractivity contribution in [2.45, 2.75) is 20.0 Å². The first kappa shape index (κ1) is 12.4. The monoisotopic (exact) mass is 250 g/mol. The van der Waals surface area contributed by atoms with Crippen LogP contribution in [0.15, 0.2) is 22.6 Å². The maximum absolute atomic E-state index is 11.4. The summed E-state index contributed by atoms with van der Waals surface area (Å²) in [6, 6.07) is 5.22. The molecule has 0 aliphatic heterocycles. The molecule has 2 N–H and O–H groups in total. The molecule has 1 unspecified atom stereocenters. The number of hydrogen-bond donors (Lipinski definition) is 2. The average Bonchev–Trinajstić information content (AvgIpc) is 2.67. The topological polar surface area (TPSA) is 79.9 Å². The van der Waals surface area contributed by atoms with Crippen LogP contribution in [0.5, 0.6) is 5.75 Å². The average molecular weight is 250 g/mol. The van der Waals surface area contributed by atoms with Crippen LogP contribution in [0, 0.1) is 6.92 Å². The van der Waals surface area contributed by atoms with Gasteiger partial charge in [0.2, 0.25) is 6.10 Å². The highest BCUT2D eigenvalue weighted by Crippen LogP contribution is 2.37. The van der Waals surface area contributed by atoms with E-state index < -0.39 is 12.1 Å². The first-order valence-corrected chi connectivity index (χ1v) is 5.62. The van der Waals surface area contributed by atoms with Crippen LogP contribution in [0.1, 0.15) is 24.4 Å². The smallest absolute Gasteiger partial charge is 0.343 e. The van der Waals surface area contributed by atoms with Gasteiger partial charge in [0.05, 0.1) is 12.0 Å². The quantitative estimate of drug-likeness (QED) is 0.815. The molecule has 1 atom stereocenters. The number of aliphatic hydroxyl groups excluding tert-OH is 1. The minimum Gasteiger partial charge on any atom is -0.504 e. The maximum atomic E-state index is 11.4. The van der Waals surface area contributed by atoms with Crippen LogP contribution < -0.4 is 0 Å². The predicted molar refractivity (Wildman–Crippen MR) is 64.2 cm³/mol. The van der Waals surface area contributed by atoms with Crippen LogP contribution in [0.4, 0.5) is 0 Å². The normalized spacial score (nSPS) is 12.6. The molecule has 0 spiro atoms. The van der Waals surface area contributed by atoms with E-state index in [2.05, 4.69) is 4.74 Å². The number of aryl methyl sites for hydroxylation is 1. The van der Waals surface area contributed by atoms with E-state index in [0.717, 1.165) is 5.56 Å². The largest absolute Gasteiger partial charge is 0.504 e. The highest BCUT2D eigenvalue weighted by Gasteiger charge is 2.28. The molecule has 0 fully saturated rings. The summed E-state index contributed by atoms with van der Waals surface area (Å²) in [7, 11) is 0. The fourth-order valence-corrected chi connectivity index (χ4v) is 1.83. The molecule has 2 aromatic rings. The van der Waals surface area contributed by atoms with Crippen molar-refractivity contribution < 1.29 is 24.2 Å². The molecule has 1 aromatic carbocycles. The van der Waals surface area contributed by atoms with Crippen molar-refractivity contribution >= 4 is 16.9 Å². The number of furan rings is 1. The predicted octanol–water partition coefficient (Wildman–Crippen LogP) is 2.04. The van der Waals surface area contributed by atoms with Crippen LogP contribution in [-0.4, -0.2) is 22.8 Å². The Kier molecular flexibility index (Phi) is 3.25. The first-order valence-electron chi connectivity index (χ1n) is 5.62. The standard InChI is InChI=1S/C13H14O5/c1-3-17-13(16)11(15)12-10(14)9-7(2)5-4-6-8(9)18-12/h4-6,11,14-15H,3H2,1-2H3. The Hall–Kier alpha value is -2.01. The zero-order valence-corrected chi connectivity index (χ0v) is 10.1. The SMILES string of the molecule is CCOC(=O)C(O)c1oc2cccc(C)c2c1O. The van der Waals surface area contributed by atoms with Crippen LogP contribution in [0.3, 0.4) is 0 Å². The fourth-order valence-electron chi connectivity index (χ4n) is 1.83. The molecule has 1 aromatic heterocycles. The fraction of sp³-hybridized carbons (Fsp3) is 0.308. The Balaban J connectivity index is 2.49. The minimum atomic E-state index is -1.61. The molecule has 2 rings (SSSR count). The molecule has 0 saturated carbocycles. The number of aliphatic hydroxyl groups is 1. The molecule has 18 heavy (non-hydrogen) atoms. The summed E-state index contributed by atoms with van der Waals surface area (Å²) in [5, 5.41) is 20.3. The number of hydrogen-bond acceptors (Lipinski definition) is 5. The molecule has 5 nitrogen and oxygen atoms in total. The van der Waals surface area contributed by atoms with Crippen LogP contribution in [-0.2, 0) is 9.53 Å². The van der Waals surface area contributed by atoms with Crippen molar-refractivity contribution in [3.05, 3.63) is 29.5 Å². The van der Waals surface area contributed by atoms with Gasteiger partial charge in [-0.2, -0.15) is 0 Å². The molecule has 0 amide bonds. The van der Waals surface area contributed by atoms with E-state index >= 15 is 0 Å². The van der Waals surface area contributed by atoms with Gasteiger partial charge in [-0.25, -0.2) is 4.79 Å². The summed E-state index contributed by atoms with van der Waals surface area (Å²) < 4.78 is 9.99. The van der Waals surface area contributed by atoms with Gasteiger partial charge in [-0.3, -0.25) is 0 Å². The van der Waals surface area contributed by atoms with Gasteiger partial charge in [0.15, 0.2) is 11.5 Å². The van der Waals surface area contributed by atoms with E-state index in [0.29, 0.717) is 11.0 Å². The van der Waals surface area contributed by atoms with Gasteiger partial charge < -0.3 is 19.4 Å². The number of benzene rings is 1. The molecule has 1 heterocycles. The van der Waals surface area contributed by atoms with Crippen molar-refractivity contribution in [3.63, 3.8) is 0 Å². The summed E-state index contributed by atoms with van der Waals surface area (Å²) in [5.41, 5.74) is 1.22. The van der Waals surface area contributed by atoms with E-state index in [-0.39, 0.29) is 18.1 Å². The number of rotatable bonds is 3. The summed E-state index contributed by atoms with van der Waals surface area (Å²) in [6.07, 6.45) is -1.61. The molecule has 0 radical (unpaired) electrons.